The van der Waals surface area contributed by atoms with Gasteiger partial charge in [-0.15, -0.1) is 0 Å². The van der Waals surface area contributed by atoms with E-state index in [-0.39, 0.29) is 22.6 Å². The molecule has 4 aliphatic carbocycles. The van der Waals surface area contributed by atoms with Crippen LogP contribution in [0.1, 0.15) is 52.9 Å². The maximum absolute atomic E-state index is 11.8. The molecule has 136 valence electrons. The number of allylic oxidation sites excluding steroid dienone is 6. The van der Waals surface area contributed by atoms with E-state index in [0.29, 0.717) is 18.3 Å². The Kier molecular flexibility index (Phi) is 3.60. The fraction of sp³-hybridized carbons (Fsp3) is 0.591. The number of hydrogen-bond acceptors (Lipinski definition) is 4. The van der Waals surface area contributed by atoms with Gasteiger partial charge in [0.05, 0.1) is 0 Å². The average molecular weight is 351 g/mol. The van der Waals surface area contributed by atoms with Crippen molar-refractivity contribution in [2.24, 2.45) is 22.7 Å². The molecule has 2 fully saturated rings. The molecule has 4 nitrogen and oxygen atoms in total. The minimum atomic E-state index is -1.03. The summed E-state index contributed by atoms with van der Waals surface area (Å²) < 4.78 is 5.65. The highest BCUT2D eigenvalue weighted by Gasteiger charge is 2.64. The van der Waals surface area contributed by atoms with Crippen LogP contribution in [0.2, 0.25) is 0 Å². The molecule has 0 spiro atoms. The fourth-order valence-corrected chi connectivity index (χ4v) is 6.14. The second kappa shape index (κ2) is 5.42. The largest absolute Gasteiger partial charge is 0.443 e. The topological polar surface area (TPSA) is 67.2 Å². The summed E-state index contributed by atoms with van der Waals surface area (Å²) in [6, 6.07) is 2.37. The quantitative estimate of drug-likeness (QED) is 0.528. The van der Waals surface area contributed by atoms with E-state index in [1.165, 1.54) is 18.1 Å². The summed E-state index contributed by atoms with van der Waals surface area (Å²) >= 11 is 0. The zero-order chi connectivity index (χ0) is 18.7. The molecule has 0 amide bonds. The minimum Gasteiger partial charge on any atom is -0.443 e. The molecule has 0 radical (unpaired) electrons. The van der Waals surface area contributed by atoms with Gasteiger partial charge in [-0.3, -0.25) is 9.59 Å². The van der Waals surface area contributed by atoms with Gasteiger partial charge in [0, 0.05) is 24.2 Å². The molecule has 0 saturated heterocycles. The SMILES string of the molecule is CC(=O)O[C@]1(C#N)CC[C@H]2[C@@H]3CCC4=CC(=O)C=C[C@]4(C)C3=CC[C@@]21C. The lowest BCUT2D eigenvalue weighted by atomic mass is 9.52. The molecule has 5 atom stereocenters. The summed E-state index contributed by atoms with van der Waals surface area (Å²) in [6.07, 6.45) is 12.0. The summed E-state index contributed by atoms with van der Waals surface area (Å²) in [7, 11) is 0. The van der Waals surface area contributed by atoms with Crippen LogP contribution in [0.3, 0.4) is 0 Å². The van der Waals surface area contributed by atoms with E-state index in [1.54, 1.807) is 12.2 Å². The lowest BCUT2D eigenvalue weighted by Crippen LogP contribution is -2.51. The second-order valence-corrected chi connectivity index (χ2v) is 8.71. The maximum atomic E-state index is 11.8. The molecule has 0 aliphatic heterocycles. The maximum Gasteiger partial charge on any atom is 0.304 e. The first kappa shape index (κ1) is 17.3. The zero-order valence-electron chi connectivity index (χ0n) is 15.7. The van der Waals surface area contributed by atoms with Crippen LogP contribution < -0.4 is 0 Å². The number of ketones is 1. The number of esters is 1. The van der Waals surface area contributed by atoms with E-state index < -0.39 is 5.60 Å². The number of ether oxygens (including phenoxy) is 1. The van der Waals surface area contributed by atoms with Crippen LogP contribution in [0, 0.1) is 34.0 Å². The third kappa shape index (κ3) is 2.06. The van der Waals surface area contributed by atoms with Crippen molar-refractivity contribution < 1.29 is 14.3 Å². The number of carbonyl (C=O) groups excluding carboxylic acids is 2. The van der Waals surface area contributed by atoms with Crippen LogP contribution >= 0.6 is 0 Å². The molecule has 4 aliphatic rings. The van der Waals surface area contributed by atoms with Gasteiger partial charge in [-0.05, 0) is 56.6 Å². The third-order valence-electron chi connectivity index (χ3n) is 7.57. The molecular weight excluding hydrogens is 326 g/mol. The molecule has 0 heterocycles. The van der Waals surface area contributed by atoms with Crippen LogP contribution in [0.5, 0.6) is 0 Å². The highest BCUT2D eigenvalue weighted by molar-refractivity contribution is 6.01. The number of fused-ring (bicyclic) bond motifs is 5. The Labute approximate surface area is 154 Å². The smallest absolute Gasteiger partial charge is 0.304 e. The predicted octanol–water partition coefficient (Wildman–Crippen LogP) is 4.04. The summed E-state index contributed by atoms with van der Waals surface area (Å²) in [5.41, 5.74) is 1.03. The Hall–Kier alpha value is -2.15. The molecule has 4 heteroatoms. The van der Waals surface area contributed by atoms with Crippen molar-refractivity contribution in [3.05, 3.63) is 35.5 Å². The minimum absolute atomic E-state index is 0.0800. The van der Waals surface area contributed by atoms with Crippen LogP contribution in [0.4, 0.5) is 0 Å². The summed E-state index contributed by atoms with van der Waals surface area (Å²) in [6.45, 7) is 5.72. The number of carbonyl (C=O) groups is 2. The summed E-state index contributed by atoms with van der Waals surface area (Å²) in [4.78, 5) is 23.5. The van der Waals surface area contributed by atoms with Crippen molar-refractivity contribution in [2.45, 2.75) is 58.5 Å². The Bertz CT molecular complexity index is 829. The number of hydrogen-bond donors (Lipinski definition) is 0. The van der Waals surface area contributed by atoms with Crippen LogP contribution in [-0.2, 0) is 14.3 Å². The van der Waals surface area contributed by atoms with Gasteiger partial charge >= 0.3 is 5.97 Å². The van der Waals surface area contributed by atoms with E-state index in [9.17, 15) is 14.9 Å². The van der Waals surface area contributed by atoms with Crippen molar-refractivity contribution >= 4 is 11.8 Å². The van der Waals surface area contributed by atoms with Crippen LogP contribution in [-0.4, -0.2) is 17.4 Å². The Morgan fingerprint density at radius 1 is 1.35 bits per heavy atom. The first-order valence-corrected chi connectivity index (χ1v) is 9.51. The van der Waals surface area contributed by atoms with Crippen molar-refractivity contribution in [3.63, 3.8) is 0 Å². The van der Waals surface area contributed by atoms with E-state index in [2.05, 4.69) is 32.1 Å². The molecular formula is C22H25NO3. The van der Waals surface area contributed by atoms with Crippen LogP contribution in [0.15, 0.2) is 35.5 Å². The number of nitriles is 1. The van der Waals surface area contributed by atoms with Gasteiger partial charge < -0.3 is 4.74 Å². The highest BCUT2D eigenvalue weighted by Crippen LogP contribution is 2.65. The first-order valence-electron chi connectivity index (χ1n) is 9.51. The van der Waals surface area contributed by atoms with Gasteiger partial charge in [0.15, 0.2) is 5.78 Å². The second-order valence-electron chi connectivity index (χ2n) is 8.71. The fourth-order valence-electron chi connectivity index (χ4n) is 6.14. The number of nitrogens with zero attached hydrogens (tertiary/aromatic N) is 1. The van der Waals surface area contributed by atoms with E-state index in [0.717, 1.165) is 25.7 Å². The normalized spacial score (nSPS) is 43.4. The highest BCUT2D eigenvalue weighted by atomic mass is 16.6. The van der Waals surface area contributed by atoms with Gasteiger partial charge in [0.2, 0.25) is 5.60 Å². The third-order valence-corrected chi connectivity index (χ3v) is 7.57. The standard InChI is InChI=1S/C22H25NO3/c1-14(24)26-22(13-23)11-8-19-17-5-4-15-12-16(25)6-9-20(15,2)18(17)7-10-21(19,22)3/h6-7,9,12,17,19H,4-5,8,10-11H2,1-3H3/t17-,19+,20+,21+,22+/m1/s1. The van der Waals surface area contributed by atoms with Gasteiger partial charge in [-0.2, -0.15) is 5.26 Å². The van der Waals surface area contributed by atoms with Gasteiger partial charge in [-0.25, -0.2) is 0 Å². The average Bonchev–Trinajstić information content (AvgIpc) is 2.88. The molecule has 0 aromatic rings. The molecule has 0 aromatic carbocycles. The molecule has 0 N–H and O–H groups in total. The van der Waals surface area contributed by atoms with Crippen molar-refractivity contribution in [1.29, 1.82) is 5.26 Å². The Morgan fingerprint density at radius 3 is 2.81 bits per heavy atom. The lowest BCUT2D eigenvalue weighted by Gasteiger charge is -2.53. The first-order chi connectivity index (χ1) is 12.3. The molecule has 0 bridgehead atoms. The van der Waals surface area contributed by atoms with E-state index in [4.69, 9.17) is 4.74 Å². The summed E-state index contributed by atoms with van der Waals surface area (Å²) in [5.74, 6) is 0.402. The molecule has 26 heavy (non-hydrogen) atoms. The van der Waals surface area contributed by atoms with E-state index in [1.807, 2.05) is 0 Å². The van der Waals surface area contributed by atoms with Crippen LogP contribution in [0.25, 0.3) is 0 Å². The monoisotopic (exact) mass is 351 g/mol. The van der Waals surface area contributed by atoms with Gasteiger partial charge in [0.1, 0.15) is 6.07 Å². The molecule has 4 rings (SSSR count). The molecule has 2 saturated carbocycles. The van der Waals surface area contributed by atoms with Crippen molar-refractivity contribution in [3.8, 4) is 6.07 Å². The Balaban J connectivity index is 1.77. The number of rotatable bonds is 1. The van der Waals surface area contributed by atoms with Gasteiger partial charge in [0.25, 0.3) is 0 Å². The van der Waals surface area contributed by atoms with E-state index >= 15 is 0 Å². The Morgan fingerprint density at radius 2 is 2.12 bits per heavy atom. The predicted molar refractivity (Wildman–Crippen MR) is 96.7 cm³/mol. The van der Waals surface area contributed by atoms with Gasteiger partial charge in [-0.1, -0.05) is 30.2 Å². The molecule has 0 unspecified atom stereocenters. The zero-order valence-corrected chi connectivity index (χ0v) is 15.7. The molecule has 0 aromatic heterocycles. The lowest BCUT2D eigenvalue weighted by molar-refractivity contribution is -0.163. The summed E-state index contributed by atoms with van der Waals surface area (Å²) in [5, 5.41) is 9.93. The van der Waals surface area contributed by atoms with Crippen molar-refractivity contribution in [1.82, 2.24) is 0 Å². The van der Waals surface area contributed by atoms with Crippen molar-refractivity contribution in [2.75, 3.05) is 0 Å².